The highest BCUT2D eigenvalue weighted by Gasteiger charge is 1.96. The summed E-state index contributed by atoms with van der Waals surface area (Å²) in [5, 5.41) is 0. The van der Waals surface area contributed by atoms with Gasteiger partial charge in [0.25, 0.3) is 0 Å². The van der Waals surface area contributed by atoms with E-state index in [9.17, 15) is 0 Å². The van der Waals surface area contributed by atoms with Crippen molar-refractivity contribution in [1.82, 2.24) is 4.90 Å². The molecular formula is C13H29N. The molecule has 0 atom stereocenters. The summed E-state index contributed by atoms with van der Waals surface area (Å²) in [6.45, 7) is 7.71. The summed E-state index contributed by atoms with van der Waals surface area (Å²) in [6.07, 6.45) is 10.5. The standard InChI is InChI=1S/C7H14.C6H15N/c1-2-4-6-7-5-3-1;1-5-7(4)6(2)3/h1-7H2;6H,5H2,1-4H3. The molecule has 14 heavy (non-hydrogen) atoms. The van der Waals surface area contributed by atoms with Crippen molar-refractivity contribution in [2.24, 2.45) is 0 Å². The van der Waals surface area contributed by atoms with E-state index in [0.29, 0.717) is 6.04 Å². The van der Waals surface area contributed by atoms with E-state index < -0.39 is 0 Å². The lowest BCUT2D eigenvalue weighted by atomic mass is 10.2. The van der Waals surface area contributed by atoms with Crippen molar-refractivity contribution in [3.05, 3.63) is 0 Å². The van der Waals surface area contributed by atoms with E-state index in [0.717, 1.165) is 6.54 Å². The topological polar surface area (TPSA) is 3.24 Å². The van der Waals surface area contributed by atoms with Crippen molar-refractivity contribution >= 4 is 0 Å². The molecule has 86 valence electrons. The van der Waals surface area contributed by atoms with E-state index in [2.05, 4.69) is 32.7 Å². The average molecular weight is 199 g/mol. The highest BCUT2D eigenvalue weighted by Crippen LogP contribution is 2.15. The fraction of sp³-hybridized carbons (Fsp3) is 1.00. The van der Waals surface area contributed by atoms with Crippen LogP contribution >= 0.6 is 0 Å². The Kier molecular flexibility index (Phi) is 9.49. The second kappa shape index (κ2) is 9.51. The fourth-order valence-electron chi connectivity index (χ4n) is 1.60. The molecule has 1 rings (SSSR count). The number of hydrogen-bond donors (Lipinski definition) is 0. The Hall–Kier alpha value is -0.0400. The lowest BCUT2D eigenvalue weighted by Gasteiger charge is -2.17. The quantitative estimate of drug-likeness (QED) is 0.606. The summed E-state index contributed by atoms with van der Waals surface area (Å²) in [5.41, 5.74) is 0. The van der Waals surface area contributed by atoms with Crippen LogP contribution in [0.5, 0.6) is 0 Å². The third-order valence-electron chi connectivity index (χ3n) is 3.13. The molecule has 0 radical (unpaired) electrons. The van der Waals surface area contributed by atoms with Crippen LogP contribution in [0.4, 0.5) is 0 Å². The molecule has 0 saturated heterocycles. The zero-order valence-electron chi connectivity index (χ0n) is 10.7. The van der Waals surface area contributed by atoms with Crippen LogP contribution in [0.1, 0.15) is 65.7 Å². The molecule has 0 heterocycles. The molecule has 1 fully saturated rings. The molecule has 0 amide bonds. The summed E-state index contributed by atoms with van der Waals surface area (Å²) < 4.78 is 0. The first-order valence-electron chi connectivity index (χ1n) is 6.38. The predicted octanol–water partition coefficient (Wildman–Crippen LogP) is 4.08. The van der Waals surface area contributed by atoms with Crippen LogP contribution in [0.3, 0.4) is 0 Å². The molecule has 1 nitrogen and oxygen atoms in total. The highest BCUT2D eigenvalue weighted by atomic mass is 15.1. The molecule has 1 heteroatoms. The molecule has 0 bridgehead atoms. The molecule has 0 aromatic carbocycles. The van der Waals surface area contributed by atoms with E-state index in [1.807, 2.05) is 0 Å². The van der Waals surface area contributed by atoms with E-state index in [1.165, 1.54) is 44.9 Å². The first kappa shape index (κ1) is 14.0. The molecule has 0 spiro atoms. The van der Waals surface area contributed by atoms with E-state index in [4.69, 9.17) is 0 Å². The van der Waals surface area contributed by atoms with Crippen LogP contribution in [0.2, 0.25) is 0 Å². The van der Waals surface area contributed by atoms with Crippen molar-refractivity contribution in [3.63, 3.8) is 0 Å². The molecule has 0 aromatic rings. The lowest BCUT2D eigenvalue weighted by molar-refractivity contribution is 0.289. The minimum atomic E-state index is 0.699. The Labute approximate surface area is 90.9 Å². The summed E-state index contributed by atoms with van der Waals surface area (Å²) in [6, 6.07) is 0.699. The van der Waals surface area contributed by atoms with Crippen LogP contribution in [0, 0.1) is 0 Å². The third kappa shape index (κ3) is 8.55. The Balaban J connectivity index is 0.000000241. The SMILES string of the molecule is C1CCCCCC1.CCN(C)C(C)C. The number of nitrogens with zero attached hydrogens (tertiary/aromatic N) is 1. The van der Waals surface area contributed by atoms with Gasteiger partial charge in [0.15, 0.2) is 0 Å². The van der Waals surface area contributed by atoms with Gasteiger partial charge in [-0.15, -0.1) is 0 Å². The van der Waals surface area contributed by atoms with Crippen LogP contribution in [0.15, 0.2) is 0 Å². The van der Waals surface area contributed by atoms with Crippen LogP contribution in [0.25, 0.3) is 0 Å². The van der Waals surface area contributed by atoms with E-state index in [-0.39, 0.29) is 0 Å². The van der Waals surface area contributed by atoms with Gasteiger partial charge >= 0.3 is 0 Å². The first-order chi connectivity index (χ1) is 6.68. The minimum Gasteiger partial charge on any atom is -0.304 e. The van der Waals surface area contributed by atoms with Gasteiger partial charge in [-0.05, 0) is 27.4 Å². The smallest absolute Gasteiger partial charge is 0.00354 e. The second-order valence-electron chi connectivity index (χ2n) is 4.64. The van der Waals surface area contributed by atoms with Gasteiger partial charge in [-0.2, -0.15) is 0 Å². The maximum absolute atomic E-state index is 2.29. The van der Waals surface area contributed by atoms with Gasteiger partial charge in [-0.3, -0.25) is 0 Å². The zero-order chi connectivity index (χ0) is 10.8. The van der Waals surface area contributed by atoms with Gasteiger partial charge in [0.2, 0.25) is 0 Å². The monoisotopic (exact) mass is 199 g/mol. The van der Waals surface area contributed by atoms with Gasteiger partial charge in [0.1, 0.15) is 0 Å². The molecule has 0 unspecified atom stereocenters. The van der Waals surface area contributed by atoms with Crippen molar-refractivity contribution < 1.29 is 0 Å². The molecule has 0 aromatic heterocycles. The van der Waals surface area contributed by atoms with E-state index in [1.54, 1.807) is 0 Å². The summed E-state index contributed by atoms with van der Waals surface area (Å²) in [4.78, 5) is 2.29. The van der Waals surface area contributed by atoms with Crippen LogP contribution in [-0.4, -0.2) is 24.5 Å². The first-order valence-corrected chi connectivity index (χ1v) is 6.38. The number of rotatable bonds is 2. The second-order valence-corrected chi connectivity index (χ2v) is 4.64. The van der Waals surface area contributed by atoms with Gasteiger partial charge < -0.3 is 4.90 Å². The van der Waals surface area contributed by atoms with Crippen molar-refractivity contribution in [1.29, 1.82) is 0 Å². The van der Waals surface area contributed by atoms with Crippen molar-refractivity contribution in [2.45, 2.75) is 71.8 Å². The summed E-state index contributed by atoms with van der Waals surface area (Å²) >= 11 is 0. The summed E-state index contributed by atoms with van der Waals surface area (Å²) in [5.74, 6) is 0. The van der Waals surface area contributed by atoms with Gasteiger partial charge in [-0.1, -0.05) is 51.9 Å². The normalized spacial score (nSPS) is 17.6. The Morgan fingerprint density at radius 1 is 0.857 bits per heavy atom. The van der Waals surface area contributed by atoms with Crippen LogP contribution < -0.4 is 0 Å². The van der Waals surface area contributed by atoms with E-state index >= 15 is 0 Å². The Bertz CT molecular complexity index is 90.2. The highest BCUT2D eigenvalue weighted by molar-refractivity contribution is 4.51. The molecule has 1 saturated carbocycles. The van der Waals surface area contributed by atoms with Gasteiger partial charge in [0, 0.05) is 6.04 Å². The largest absolute Gasteiger partial charge is 0.304 e. The van der Waals surface area contributed by atoms with Gasteiger partial charge in [0.05, 0.1) is 0 Å². The molecule has 1 aliphatic carbocycles. The predicted molar refractivity (Wildman–Crippen MR) is 65.8 cm³/mol. The Morgan fingerprint density at radius 2 is 1.14 bits per heavy atom. The summed E-state index contributed by atoms with van der Waals surface area (Å²) in [7, 11) is 2.13. The Morgan fingerprint density at radius 3 is 1.21 bits per heavy atom. The maximum Gasteiger partial charge on any atom is 0.00354 e. The van der Waals surface area contributed by atoms with Gasteiger partial charge in [-0.25, -0.2) is 0 Å². The molecule has 1 aliphatic rings. The molecule has 0 N–H and O–H groups in total. The average Bonchev–Trinajstić information content (AvgIpc) is 2.48. The molecule has 0 aliphatic heterocycles. The molecular weight excluding hydrogens is 170 g/mol. The lowest BCUT2D eigenvalue weighted by Crippen LogP contribution is -2.25. The van der Waals surface area contributed by atoms with Crippen molar-refractivity contribution in [3.8, 4) is 0 Å². The van der Waals surface area contributed by atoms with Crippen molar-refractivity contribution in [2.75, 3.05) is 13.6 Å². The minimum absolute atomic E-state index is 0.699. The number of hydrogen-bond acceptors (Lipinski definition) is 1. The van der Waals surface area contributed by atoms with Crippen LogP contribution in [-0.2, 0) is 0 Å². The fourth-order valence-corrected chi connectivity index (χ4v) is 1.60. The zero-order valence-corrected chi connectivity index (χ0v) is 10.7. The maximum atomic E-state index is 2.29. The third-order valence-corrected chi connectivity index (χ3v) is 3.13.